The van der Waals surface area contributed by atoms with Crippen molar-refractivity contribution in [3.05, 3.63) is 41.5 Å². The van der Waals surface area contributed by atoms with Gasteiger partial charge in [-0.05, 0) is 25.6 Å². The predicted molar refractivity (Wildman–Crippen MR) is 77.4 cm³/mol. The Hall–Kier alpha value is -1.65. The highest BCUT2D eigenvalue weighted by molar-refractivity contribution is 5.91. The molecular weight excluding hydrogens is 238 g/mol. The molecule has 0 aromatic heterocycles. The molecule has 0 saturated carbocycles. The number of hydrazine groups is 1. The number of hydrogen-bond acceptors (Lipinski definition) is 3. The molecule has 0 radical (unpaired) electrons. The molecular formula is C15H21N3O. The fourth-order valence-corrected chi connectivity index (χ4v) is 1.96. The third kappa shape index (κ3) is 4.50. The van der Waals surface area contributed by atoms with Gasteiger partial charge in [0.25, 0.3) is 5.91 Å². The summed E-state index contributed by atoms with van der Waals surface area (Å²) >= 11 is 0. The van der Waals surface area contributed by atoms with E-state index < -0.39 is 0 Å². The Bertz CT molecular complexity index is 445. The van der Waals surface area contributed by atoms with Gasteiger partial charge in [0, 0.05) is 32.3 Å². The summed E-state index contributed by atoms with van der Waals surface area (Å²) in [6, 6.07) is 8.10. The van der Waals surface area contributed by atoms with Gasteiger partial charge in [-0.3, -0.25) is 10.2 Å². The van der Waals surface area contributed by atoms with Gasteiger partial charge in [0.15, 0.2) is 0 Å². The number of piperazine rings is 1. The number of benzene rings is 1. The number of aryl methyl sites for hydroxylation is 1. The molecule has 2 rings (SSSR count). The highest BCUT2D eigenvalue weighted by Crippen LogP contribution is 2.04. The van der Waals surface area contributed by atoms with Crippen LogP contribution in [0.25, 0.3) is 6.08 Å². The van der Waals surface area contributed by atoms with Crippen molar-refractivity contribution in [3.8, 4) is 0 Å². The number of carbonyl (C=O) groups is 1. The fraction of sp³-hybridized carbons (Fsp3) is 0.400. The number of nitrogens with one attached hydrogen (secondary N) is 1. The fourth-order valence-electron chi connectivity index (χ4n) is 1.96. The number of rotatable bonds is 3. The summed E-state index contributed by atoms with van der Waals surface area (Å²) in [5.74, 6) is -0.0647. The lowest BCUT2D eigenvalue weighted by Crippen LogP contribution is -2.52. The summed E-state index contributed by atoms with van der Waals surface area (Å²) in [6.07, 6.45) is 3.42. The van der Waals surface area contributed by atoms with Gasteiger partial charge >= 0.3 is 0 Å². The molecule has 0 spiro atoms. The molecule has 19 heavy (non-hydrogen) atoms. The van der Waals surface area contributed by atoms with E-state index in [-0.39, 0.29) is 5.91 Å². The maximum absolute atomic E-state index is 11.8. The molecule has 0 atom stereocenters. The first-order valence-electron chi connectivity index (χ1n) is 6.62. The summed E-state index contributed by atoms with van der Waals surface area (Å²) in [7, 11) is 2.09. The Labute approximate surface area is 114 Å². The Morgan fingerprint density at radius 1 is 1.16 bits per heavy atom. The number of nitrogens with zero attached hydrogens (tertiary/aromatic N) is 2. The average Bonchev–Trinajstić information content (AvgIpc) is 2.41. The molecule has 1 amide bonds. The molecule has 1 N–H and O–H groups in total. The van der Waals surface area contributed by atoms with Crippen LogP contribution in [0.15, 0.2) is 30.3 Å². The van der Waals surface area contributed by atoms with Crippen LogP contribution in [0.5, 0.6) is 0 Å². The van der Waals surface area contributed by atoms with Crippen LogP contribution in [-0.4, -0.2) is 49.0 Å². The van der Waals surface area contributed by atoms with Crippen LogP contribution >= 0.6 is 0 Å². The van der Waals surface area contributed by atoms with Crippen LogP contribution in [0.4, 0.5) is 0 Å². The molecule has 1 aromatic rings. The molecule has 0 unspecified atom stereocenters. The molecule has 1 aromatic carbocycles. The molecule has 1 saturated heterocycles. The Morgan fingerprint density at radius 2 is 1.79 bits per heavy atom. The van der Waals surface area contributed by atoms with Gasteiger partial charge in [0.05, 0.1) is 0 Å². The van der Waals surface area contributed by atoms with Gasteiger partial charge in [0.1, 0.15) is 0 Å². The van der Waals surface area contributed by atoms with E-state index in [0.717, 1.165) is 31.7 Å². The summed E-state index contributed by atoms with van der Waals surface area (Å²) in [6.45, 7) is 5.78. The first-order chi connectivity index (χ1) is 9.13. The molecule has 102 valence electrons. The zero-order valence-corrected chi connectivity index (χ0v) is 11.6. The van der Waals surface area contributed by atoms with E-state index in [2.05, 4.69) is 17.4 Å². The third-order valence-electron chi connectivity index (χ3n) is 3.28. The molecule has 1 aliphatic rings. The monoisotopic (exact) mass is 259 g/mol. The molecule has 0 bridgehead atoms. The van der Waals surface area contributed by atoms with Crippen molar-refractivity contribution in [2.45, 2.75) is 6.92 Å². The smallest absolute Gasteiger partial charge is 0.258 e. The molecule has 4 heteroatoms. The van der Waals surface area contributed by atoms with Gasteiger partial charge in [-0.25, -0.2) is 5.01 Å². The van der Waals surface area contributed by atoms with Crippen LogP contribution < -0.4 is 5.43 Å². The van der Waals surface area contributed by atoms with Crippen molar-refractivity contribution in [1.82, 2.24) is 15.3 Å². The molecule has 4 nitrogen and oxygen atoms in total. The first kappa shape index (κ1) is 13.8. The van der Waals surface area contributed by atoms with E-state index in [0.29, 0.717) is 0 Å². The summed E-state index contributed by atoms with van der Waals surface area (Å²) in [5, 5.41) is 1.97. The minimum atomic E-state index is -0.0647. The molecule has 1 heterocycles. The van der Waals surface area contributed by atoms with Gasteiger partial charge in [-0.2, -0.15) is 0 Å². The lowest BCUT2D eigenvalue weighted by Gasteiger charge is -2.31. The molecule has 1 fully saturated rings. The SMILES string of the molecule is Cc1ccc(/C=C/C(=O)NN2CCN(C)CC2)cc1. The average molecular weight is 259 g/mol. The standard InChI is InChI=1S/C15H21N3O/c1-13-3-5-14(6-4-13)7-8-15(19)16-18-11-9-17(2)10-12-18/h3-8H,9-12H2,1-2H3,(H,16,19)/b8-7+. The van der Waals surface area contributed by atoms with Crippen molar-refractivity contribution in [2.75, 3.05) is 33.2 Å². The first-order valence-corrected chi connectivity index (χ1v) is 6.62. The lowest BCUT2D eigenvalue weighted by atomic mass is 10.1. The van der Waals surface area contributed by atoms with Gasteiger partial charge in [-0.1, -0.05) is 29.8 Å². The normalized spacial score (nSPS) is 17.8. The second-order valence-electron chi connectivity index (χ2n) is 5.01. The summed E-state index contributed by atoms with van der Waals surface area (Å²) in [4.78, 5) is 14.0. The summed E-state index contributed by atoms with van der Waals surface area (Å²) in [5.41, 5.74) is 5.16. The number of hydrogen-bond donors (Lipinski definition) is 1. The highest BCUT2D eigenvalue weighted by atomic mass is 16.2. The second kappa shape index (κ2) is 6.50. The van der Waals surface area contributed by atoms with E-state index in [9.17, 15) is 4.79 Å². The predicted octanol–water partition coefficient (Wildman–Crippen LogP) is 1.29. The van der Waals surface area contributed by atoms with E-state index in [1.165, 1.54) is 5.56 Å². The van der Waals surface area contributed by atoms with Crippen LogP contribution in [0.2, 0.25) is 0 Å². The number of carbonyl (C=O) groups excluding carboxylic acids is 1. The van der Waals surface area contributed by atoms with Crippen molar-refractivity contribution in [3.63, 3.8) is 0 Å². The van der Waals surface area contributed by atoms with E-state index in [4.69, 9.17) is 0 Å². The Kier molecular flexibility index (Phi) is 4.71. The minimum Gasteiger partial charge on any atom is -0.304 e. The van der Waals surface area contributed by atoms with Crippen molar-refractivity contribution in [1.29, 1.82) is 0 Å². The number of amides is 1. The Balaban J connectivity index is 1.82. The summed E-state index contributed by atoms with van der Waals surface area (Å²) < 4.78 is 0. The van der Waals surface area contributed by atoms with Gasteiger partial charge < -0.3 is 4.90 Å². The van der Waals surface area contributed by atoms with Crippen LogP contribution in [-0.2, 0) is 4.79 Å². The highest BCUT2D eigenvalue weighted by Gasteiger charge is 2.14. The van der Waals surface area contributed by atoms with E-state index in [1.807, 2.05) is 42.3 Å². The molecule has 1 aliphatic heterocycles. The third-order valence-corrected chi connectivity index (χ3v) is 3.28. The van der Waals surface area contributed by atoms with Crippen molar-refractivity contribution in [2.24, 2.45) is 0 Å². The number of likely N-dealkylation sites (N-methyl/N-ethyl adjacent to an activating group) is 1. The maximum Gasteiger partial charge on any atom is 0.258 e. The van der Waals surface area contributed by atoms with Gasteiger partial charge in [-0.15, -0.1) is 0 Å². The quantitative estimate of drug-likeness (QED) is 0.831. The zero-order chi connectivity index (χ0) is 13.7. The largest absolute Gasteiger partial charge is 0.304 e. The zero-order valence-electron chi connectivity index (χ0n) is 11.6. The van der Waals surface area contributed by atoms with Gasteiger partial charge in [0.2, 0.25) is 0 Å². The Morgan fingerprint density at radius 3 is 2.42 bits per heavy atom. The lowest BCUT2D eigenvalue weighted by molar-refractivity contribution is -0.121. The van der Waals surface area contributed by atoms with Crippen molar-refractivity contribution >= 4 is 12.0 Å². The molecule has 0 aliphatic carbocycles. The van der Waals surface area contributed by atoms with Crippen LogP contribution in [0, 0.1) is 6.92 Å². The van der Waals surface area contributed by atoms with Crippen LogP contribution in [0.3, 0.4) is 0 Å². The minimum absolute atomic E-state index is 0.0647. The van der Waals surface area contributed by atoms with Crippen LogP contribution in [0.1, 0.15) is 11.1 Å². The maximum atomic E-state index is 11.8. The van der Waals surface area contributed by atoms with E-state index in [1.54, 1.807) is 6.08 Å². The topological polar surface area (TPSA) is 35.6 Å². The van der Waals surface area contributed by atoms with Crippen molar-refractivity contribution < 1.29 is 4.79 Å². The van der Waals surface area contributed by atoms with E-state index >= 15 is 0 Å². The second-order valence-corrected chi connectivity index (χ2v) is 5.01.